The van der Waals surface area contributed by atoms with Crippen molar-refractivity contribution in [1.82, 2.24) is 5.32 Å². The van der Waals surface area contributed by atoms with Crippen molar-refractivity contribution in [2.75, 3.05) is 18.5 Å². The topological polar surface area (TPSA) is 78.4 Å². The summed E-state index contributed by atoms with van der Waals surface area (Å²) in [7, 11) is 0. The number of rotatable bonds is 7. The molecule has 0 aliphatic heterocycles. The van der Waals surface area contributed by atoms with Crippen LogP contribution in [-0.4, -0.2) is 30.1 Å². The first kappa shape index (κ1) is 19.7. The molecular formula is C21H26N2O3. The van der Waals surface area contributed by atoms with Gasteiger partial charge >= 0.3 is 11.8 Å². The Morgan fingerprint density at radius 3 is 2.35 bits per heavy atom. The second kappa shape index (κ2) is 9.73. The van der Waals surface area contributed by atoms with E-state index in [0.717, 1.165) is 16.7 Å². The fraction of sp³-hybridized carbons (Fsp3) is 0.333. The van der Waals surface area contributed by atoms with Gasteiger partial charge in [0, 0.05) is 18.8 Å². The van der Waals surface area contributed by atoms with Crippen molar-refractivity contribution in [3.8, 4) is 0 Å². The van der Waals surface area contributed by atoms with Crippen LogP contribution in [0.1, 0.15) is 35.4 Å². The van der Waals surface area contributed by atoms with Gasteiger partial charge in [-0.1, -0.05) is 36.4 Å². The third-order valence-electron chi connectivity index (χ3n) is 4.50. The molecule has 2 rings (SSSR count). The zero-order valence-corrected chi connectivity index (χ0v) is 15.3. The van der Waals surface area contributed by atoms with E-state index in [2.05, 4.69) is 10.6 Å². The van der Waals surface area contributed by atoms with Crippen LogP contribution in [0, 0.1) is 13.8 Å². The van der Waals surface area contributed by atoms with Crippen molar-refractivity contribution < 1.29 is 14.7 Å². The number of aliphatic hydroxyl groups excluding tert-OH is 1. The van der Waals surface area contributed by atoms with Gasteiger partial charge in [0.15, 0.2) is 0 Å². The van der Waals surface area contributed by atoms with Crippen molar-refractivity contribution in [2.45, 2.75) is 32.6 Å². The molecule has 0 saturated heterocycles. The zero-order chi connectivity index (χ0) is 18.9. The van der Waals surface area contributed by atoms with Crippen LogP contribution in [0.3, 0.4) is 0 Å². The second-order valence-corrected chi connectivity index (χ2v) is 6.42. The molecule has 0 spiro atoms. The molecule has 26 heavy (non-hydrogen) atoms. The van der Waals surface area contributed by atoms with Crippen LogP contribution < -0.4 is 10.6 Å². The summed E-state index contributed by atoms with van der Waals surface area (Å²) in [5, 5.41) is 14.5. The predicted octanol–water partition coefficient (Wildman–Crippen LogP) is 2.91. The highest BCUT2D eigenvalue weighted by Crippen LogP contribution is 2.22. The van der Waals surface area contributed by atoms with E-state index < -0.39 is 11.8 Å². The van der Waals surface area contributed by atoms with Crippen molar-refractivity contribution in [3.63, 3.8) is 0 Å². The number of anilines is 1. The van der Waals surface area contributed by atoms with E-state index in [4.69, 9.17) is 0 Å². The number of carbonyl (C=O) groups excluding carboxylic acids is 2. The van der Waals surface area contributed by atoms with Crippen LogP contribution in [-0.2, 0) is 9.59 Å². The minimum absolute atomic E-state index is 0.0841. The Balaban J connectivity index is 1.84. The predicted molar refractivity (Wildman–Crippen MR) is 103 cm³/mol. The highest BCUT2D eigenvalue weighted by atomic mass is 16.3. The summed E-state index contributed by atoms with van der Waals surface area (Å²) in [6.45, 7) is 4.40. The summed E-state index contributed by atoms with van der Waals surface area (Å²) in [5.41, 5.74) is 3.91. The van der Waals surface area contributed by atoms with E-state index in [1.54, 1.807) is 6.07 Å². The summed E-state index contributed by atoms with van der Waals surface area (Å²) in [5.74, 6) is -1.19. The average molecular weight is 354 g/mol. The average Bonchev–Trinajstić information content (AvgIpc) is 2.64. The van der Waals surface area contributed by atoms with E-state index in [9.17, 15) is 14.7 Å². The SMILES string of the molecule is Cc1ccc(NC(=O)C(=O)NCCC(CCO)c2ccccc2)cc1C. The lowest BCUT2D eigenvalue weighted by Crippen LogP contribution is -2.36. The molecular weight excluding hydrogens is 328 g/mol. The molecule has 2 aromatic carbocycles. The van der Waals surface area contributed by atoms with Gasteiger partial charge in [-0.15, -0.1) is 0 Å². The first-order valence-corrected chi connectivity index (χ1v) is 8.83. The van der Waals surface area contributed by atoms with E-state index in [0.29, 0.717) is 25.1 Å². The van der Waals surface area contributed by atoms with Crippen molar-refractivity contribution in [1.29, 1.82) is 0 Å². The molecule has 1 unspecified atom stereocenters. The molecule has 138 valence electrons. The summed E-state index contributed by atoms with van der Waals surface area (Å²) in [6, 6.07) is 15.4. The minimum Gasteiger partial charge on any atom is -0.396 e. The molecule has 0 saturated carbocycles. The fourth-order valence-electron chi connectivity index (χ4n) is 2.81. The lowest BCUT2D eigenvalue weighted by atomic mass is 9.93. The van der Waals surface area contributed by atoms with Gasteiger partial charge in [-0.25, -0.2) is 0 Å². The molecule has 3 N–H and O–H groups in total. The van der Waals surface area contributed by atoms with E-state index in [1.165, 1.54) is 0 Å². The Labute approximate surface area is 154 Å². The number of aryl methyl sites for hydroxylation is 2. The zero-order valence-electron chi connectivity index (χ0n) is 15.3. The summed E-state index contributed by atoms with van der Waals surface area (Å²) in [6.07, 6.45) is 1.28. The normalized spacial score (nSPS) is 11.7. The third kappa shape index (κ3) is 5.70. The molecule has 1 atom stereocenters. The highest BCUT2D eigenvalue weighted by molar-refractivity contribution is 6.39. The van der Waals surface area contributed by atoms with Crippen LogP contribution in [0.2, 0.25) is 0 Å². The molecule has 0 aliphatic carbocycles. The highest BCUT2D eigenvalue weighted by Gasteiger charge is 2.15. The van der Waals surface area contributed by atoms with Gasteiger partial charge in [-0.3, -0.25) is 9.59 Å². The molecule has 0 bridgehead atoms. The van der Waals surface area contributed by atoms with Crippen LogP contribution in [0.15, 0.2) is 48.5 Å². The molecule has 0 radical (unpaired) electrons. The van der Waals surface area contributed by atoms with Gasteiger partial charge in [0.1, 0.15) is 0 Å². The number of nitrogens with one attached hydrogen (secondary N) is 2. The molecule has 5 heteroatoms. The number of hydrogen-bond donors (Lipinski definition) is 3. The van der Waals surface area contributed by atoms with E-state index in [-0.39, 0.29) is 12.5 Å². The molecule has 0 aromatic heterocycles. The second-order valence-electron chi connectivity index (χ2n) is 6.42. The largest absolute Gasteiger partial charge is 0.396 e. The maximum Gasteiger partial charge on any atom is 0.313 e. The Morgan fingerprint density at radius 1 is 0.962 bits per heavy atom. The molecule has 0 fully saturated rings. The molecule has 5 nitrogen and oxygen atoms in total. The lowest BCUT2D eigenvalue weighted by molar-refractivity contribution is -0.136. The van der Waals surface area contributed by atoms with Gasteiger partial charge in [0.05, 0.1) is 0 Å². The number of benzene rings is 2. The van der Waals surface area contributed by atoms with Crippen molar-refractivity contribution >= 4 is 17.5 Å². The van der Waals surface area contributed by atoms with Gasteiger partial charge in [-0.2, -0.15) is 0 Å². The quantitative estimate of drug-likeness (QED) is 0.669. The summed E-state index contributed by atoms with van der Waals surface area (Å²) in [4.78, 5) is 24.0. The Morgan fingerprint density at radius 2 is 1.69 bits per heavy atom. The molecule has 2 amide bonds. The summed E-state index contributed by atoms with van der Waals surface area (Å²) < 4.78 is 0. The summed E-state index contributed by atoms with van der Waals surface area (Å²) >= 11 is 0. The Hall–Kier alpha value is -2.66. The van der Waals surface area contributed by atoms with Crippen molar-refractivity contribution in [3.05, 3.63) is 65.2 Å². The molecule has 0 aliphatic rings. The maximum atomic E-state index is 12.0. The number of carbonyl (C=O) groups is 2. The van der Waals surface area contributed by atoms with E-state index in [1.807, 2.05) is 56.3 Å². The molecule has 0 heterocycles. The number of amides is 2. The van der Waals surface area contributed by atoms with Crippen LogP contribution in [0.25, 0.3) is 0 Å². The lowest BCUT2D eigenvalue weighted by Gasteiger charge is -2.16. The van der Waals surface area contributed by atoms with Gasteiger partial charge in [-0.05, 0) is 61.4 Å². The van der Waals surface area contributed by atoms with Crippen LogP contribution in [0.5, 0.6) is 0 Å². The van der Waals surface area contributed by atoms with E-state index >= 15 is 0 Å². The van der Waals surface area contributed by atoms with Crippen LogP contribution in [0.4, 0.5) is 5.69 Å². The molecule has 2 aromatic rings. The Bertz CT molecular complexity index is 744. The fourth-order valence-corrected chi connectivity index (χ4v) is 2.81. The van der Waals surface area contributed by atoms with Gasteiger partial charge < -0.3 is 15.7 Å². The van der Waals surface area contributed by atoms with Crippen LogP contribution >= 0.6 is 0 Å². The standard InChI is InChI=1S/C21H26N2O3/c1-15-8-9-19(14-16(15)2)23-21(26)20(25)22-12-10-18(11-13-24)17-6-4-3-5-7-17/h3-9,14,18,24H,10-13H2,1-2H3,(H,22,25)(H,23,26). The van der Waals surface area contributed by atoms with Crippen molar-refractivity contribution in [2.24, 2.45) is 0 Å². The number of hydrogen-bond acceptors (Lipinski definition) is 3. The monoisotopic (exact) mass is 354 g/mol. The first-order chi connectivity index (χ1) is 12.5. The third-order valence-corrected chi connectivity index (χ3v) is 4.50. The first-order valence-electron chi connectivity index (χ1n) is 8.83. The minimum atomic E-state index is -0.674. The van der Waals surface area contributed by atoms with Gasteiger partial charge in [0.25, 0.3) is 0 Å². The smallest absolute Gasteiger partial charge is 0.313 e. The van der Waals surface area contributed by atoms with Gasteiger partial charge in [0.2, 0.25) is 0 Å². The number of aliphatic hydroxyl groups is 1. The Kier molecular flexibility index (Phi) is 7.36. The maximum absolute atomic E-state index is 12.0.